The molecule has 0 radical (unpaired) electrons. The van der Waals surface area contributed by atoms with Crippen LogP contribution in [0.1, 0.15) is 24.8 Å². The number of carbonyl (C=O) groups is 1. The smallest absolute Gasteiger partial charge is 0.322 e. The van der Waals surface area contributed by atoms with Gasteiger partial charge < -0.3 is 24.0 Å². The highest BCUT2D eigenvalue weighted by molar-refractivity contribution is 6.04. The minimum atomic E-state index is -0.0446. The van der Waals surface area contributed by atoms with Crippen LogP contribution in [0.2, 0.25) is 0 Å². The molecule has 0 aliphatic carbocycles. The van der Waals surface area contributed by atoms with Gasteiger partial charge in [0, 0.05) is 51.4 Å². The molecule has 1 N–H and O–H groups in total. The highest BCUT2D eigenvalue weighted by Crippen LogP contribution is 2.43. The van der Waals surface area contributed by atoms with Crippen molar-refractivity contribution in [2.75, 3.05) is 64.6 Å². The maximum Gasteiger partial charge on any atom is 0.322 e. The van der Waals surface area contributed by atoms with Gasteiger partial charge in [-0.3, -0.25) is 5.32 Å². The Morgan fingerprint density at radius 3 is 2.63 bits per heavy atom. The van der Waals surface area contributed by atoms with E-state index >= 15 is 0 Å². The first kappa shape index (κ1) is 19.6. The summed E-state index contributed by atoms with van der Waals surface area (Å²) in [6, 6.07) is 4.02. The van der Waals surface area contributed by atoms with Crippen LogP contribution in [0.25, 0.3) is 0 Å². The third-order valence-corrected chi connectivity index (χ3v) is 6.91. The lowest BCUT2D eigenvalue weighted by Crippen LogP contribution is -2.43. The fraction of sp³-hybridized carbons (Fsp3) is 0.636. The molecule has 5 rings (SSSR count). The molecular formula is C22H30N4O4. The summed E-state index contributed by atoms with van der Waals surface area (Å²) < 4.78 is 16.6. The number of likely N-dealkylation sites (tertiary alicyclic amines) is 1. The predicted molar refractivity (Wildman–Crippen MR) is 114 cm³/mol. The standard InChI is InChI=1S/C22H30N4O4/c1-28-18-3-2-17(25-8-12-30-13-9-25)20-16(18)14-19(23-20)24-21(27)26-7-4-22(15-26)5-10-29-11-6-22/h2-3H,4-15H2,1H3,(H,23,24,27). The van der Waals surface area contributed by atoms with Crippen molar-refractivity contribution in [2.45, 2.75) is 25.7 Å². The molecule has 0 atom stereocenters. The number of carbonyl (C=O) groups excluding carboxylic acids is 1. The highest BCUT2D eigenvalue weighted by atomic mass is 16.5. The molecule has 1 aromatic rings. The summed E-state index contributed by atoms with van der Waals surface area (Å²) in [5.74, 6) is 1.51. The molecule has 0 bridgehead atoms. The average Bonchev–Trinajstić information content (AvgIpc) is 3.38. The normalized spacial score (nSPS) is 22.8. The molecule has 0 aromatic heterocycles. The van der Waals surface area contributed by atoms with E-state index in [-0.39, 0.29) is 11.4 Å². The fourth-order valence-corrected chi connectivity index (χ4v) is 5.09. The van der Waals surface area contributed by atoms with Crippen LogP contribution < -0.4 is 15.0 Å². The zero-order chi connectivity index (χ0) is 20.6. The first-order valence-electron chi connectivity index (χ1n) is 10.9. The molecule has 3 fully saturated rings. The van der Waals surface area contributed by atoms with Crippen molar-refractivity contribution in [1.29, 1.82) is 0 Å². The molecule has 0 saturated carbocycles. The van der Waals surface area contributed by atoms with Crippen LogP contribution in [-0.2, 0) is 15.9 Å². The maximum absolute atomic E-state index is 13.0. The lowest BCUT2D eigenvalue weighted by molar-refractivity contribution is 0.0209. The number of amides is 2. The molecule has 4 aliphatic rings. The number of benzene rings is 1. The van der Waals surface area contributed by atoms with Gasteiger partial charge in [-0.15, -0.1) is 0 Å². The molecule has 8 nitrogen and oxygen atoms in total. The van der Waals surface area contributed by atoms with Gasteiger partial charge in [0.2, 0.25) is 0 Å². The quantitative estimate of drug-likeness (QED) is 0.804. The number of rotatable bonds is 2. The summed E-state index contributed by atoms with van der Waals surface area (Å²) in [5.41, 5.74) is 3.27. The number of morpholine rings is 1. The zero-order valence-electron chi connectivity index (χ0n) is 17.6. The average molecular weight is 415 g/mol. The van der Waals surface area contributed by atoms with Crippen molar-refractivity contribution < 1.29 is 19.0 Å². The SMILES string of the molecule is COc1ccc(N2CCOCC2)c2c1CC(NC(=O)N1CCC3(CCOCC3)C1)=N2. The van der Waals surface area contributed by atoms with Gasteiger partial charge in [0.05, 0.1) is 31.7 Å². The summed E-state index contributed by atoms with van der Waals surface area (Å²) in [5, 5.41) is 3.08. The maximum atomic E-state index is 13.0. The molecule has 162 valence electrons. The van der Waals surface area contributed by atoms with Crippen LogP contribution in [0.5, 0.6) is 5.75 Å². The monoisotopic (exact) mass is 414 g/mol. The molecule has 8 heteroatoms. The van der Waals surface area contributed by atoms with E-state index in [1.165, 1.54) is 0 Å². The van der Waals surface area contributed by atoms with Crippen molar-refractivity contribution in [3.05, 3.63) is 17.7 Å². The first-order valence-corrected chi connectivity index (χ1v) is 10.9. The summed E-state index contributed by atoms with van der Waals surface area (Å²) in [7, 11) is 1.68. The molecular weight excluding hydrogens is 384 g/mol. The van der Waals surface area contributed by atoms with Crippen molar-refractivity contribution in [3.8, 4) is 5.75 Å². The lowest BCUT2D eigenvalue weighted by Gasteiger charge is -2.33. The van der Waals surface area contributed by atoms with E-state index in [4.69, 9.17) is 19.2 Å². The van der Waals surface area contributed by atoms with Crippen LogP contribution in [-0.4, -0.2) is 76.5 Å². The first-order chi connectivity index (χ1) is 14.7. The Labute approximate surface area is 177 Å². The van der Waals surface area contributed by atoms with E-state index in [0.29, 0.717) is 12.3 Å². The van der Waals surface area contributed by atoms with Crippen molar-refractivity contribution >= 4 is 23.2 Å². The van der Waals surface area contributed by atoms with Crippen molar-refractivity contribution in [2.24, 2.45) is 10.4 Å². The van der Waals surface area contributed by atoms with E-state index < -0.39 is 0 Å². The van der Waals surface area contributed by atoms with Gasteiger partial charge in [0.15, 0.2) is 0 Å². The summed E-state index contributed by atoms with van der Waals surface area (Å²) >= 11 is 0. The van der Waals surface area contributed by atoms with Gasteiger partial charge in [-0.25, -0.2) is 9.79 Å². The van der Waals surface area contributed by atoms with E-state index in [1.807, 2.05) is 11.0 Å². The van der Waals surface area contributed by atoms with Gasteiger partial charge in [-0.05, 0) is 36.8 Å². The van der Waals surface area contributed by atoms with Gasteiger partial charge in [0.25, 0.3) is 0 Å². The number of hydrogen-bond acceptors (Lipinski definition) is 6. The van der Waals surface area contributed by atoms with Crippen LogP contribution in [0.3, 0.4) is 0 Å². The summed E-state index contributed by atoms with van der Waals surface area (Å²) in [4.78, 5) is 22.0. The number of methoxy groups -OCH3 is 1. The predicted octanol–water partition coefficient (Wildman–Crippen LogP) is 2.33. The number of nitrogens with one attached hydrogen (secondary N) is 1. The topological polar surface area (TPSA) is 75.6 Å². The van der Waals surface area contributed by atoms with E-state index in [1.54, 1.807) is 7.11 Å². The number of hydrogen-bond donors (Lipinski definition) is 1. The Morgan fingerprint density at radius 1 is 1.10 bits per heavy atom. The number of fused-ring (bicyclic) bond motifs is 1. The second kappa shape index (κ2) is 8.07. The molecule has 1 aromatic carbocycles. The molecule has 1 spiro atoms. The molecule has 30 heavy (non-hydrogen) atoms. The molecule has 3 saturated heterocycles. The van der Waals surface area contributed by atoms with Gasteiger partial charge in [0.1, 0.15) is 11.6 Å². The number of nitrogens with zero attached hydrogens (tertiary/aromatic N) is 3. The largest absolute Gasteiger partial charge is 0.496 e. The molecule has 0 unspecified atom stereocenters. The van der Waals surface area contributed by atoms with Crippen LogP contribution in [0.4, 0.5) is 16.2 Å². The van der Waals surface area contributed by atoms with Crippen LogP contribution >= 0.6 is 0 Å². The van der Waals surface area contributed by atoms with Crippen LogP contribution in [0, 0.1) is 5.41 Å². The Kier molecular flexibility index (Phi) is 5.28. The van der Waals surface area contributed by atoms with Gasteiger partial charge >= 0.3 is 6.03 Å². The molecule has 4 aliphatic heterocycles. The van der Waals surface area contributed by atoms with E-state index in [9.17, 15) is 4.79 Å². The fourth-order valence-electron chi connectivity index (χ4n) is 5.09. The van der Waals surface area contributed by atoms with E-state index in [0.717, 1.165) is 94.6 Å². The number of anilines is 1. The molecule has 2 amide bonds. The Balaban J connectivity index is 1.31. The second-order valence-corrected chi connectivity index (χ2v) is 8.66. The van der Waals surface area contributed by atoms with Crippen molar-refractivity contribution in [1.82, 2.24) is 10.2 Å². The highest BCUT2D eigenvalue weighted by Gasteiger charge is 2.41. The summed E-state index contributed by atoms with van der Waals surface area (Å²) in [6.07, 6.45) is 3.73. The Hall–Kier alpha value is -2.32. The third-order valence-electron chi connectivity index (χ3n) is 6.91. The second-order valence-electron chi connectivity index (χ2n) is 8.66. The van der Waals surface area contributed by atoms with Gasteiger partial charge in [-0.1, -0.05) is 0 Å². The van der Waals surface area contributed by atoms with Crippen molar-refractivity contribution in [3.63, 3.8) is 0 Å². The number of urea groups is 1. The third kappa shape index (κ3) is 3.63. The lowest BCUT2D eigenvalue weighted by atomic mass is 9.80. The minimum Gasteiger partial charge on any atom is -0.496 e. The summed E-state index contributed by atoms with van der Waals surface area (Å²) in [6.45, 7) is 6.35. The minimum absolute atomic E-state index is 0.0446. The molecule has 4 heterocycles. The van der Waals surface area contributed by atoms with Crippen LogP contribution in [0.15, 0.2) is 17.1 Å². The Morgan fingerprint density at radius 2 is 1.87 bits per heavy atom. The number of aliphatic imine (C=N–C) groups is 1. The Bertz CT molecular complexity index is 844. The van der Waals surface area contributed by atoms with Gasteiger partial charge in [-0.2, -0.15) is 0 Å². The number of amidine groups is 1. The van der Waals surface area contributed by atoms with E-state index in [2.05, 4.69) is 16.3 Å². The number of ether oxygens (including phenoxy) is 3. The zero-order valence-corrected chi connectivity index (χ0v) is 17.6.